The number of anilines is 1. The molecule has 3 aromatic carbocycles. The first-order valence-corrected chi connectivity index (χ1v) is 13.1. The van der Waals surface area contributed by atoms with Crippen LogP contribution in [0.5, 0.6) is 17.2 Å². The number of aliphatic hydroxyl groups excluding tert-OH is 1. The highest BCUT2D eigenvalue weighted by Gasteiger charge is 2.48. The van der Waals surface area contributed by atoms with Crippen LogP contribution in [-0.4, -0.2) is 40.6 Å². The molecule has 1 aliphatic heterocycles. The van der Waals surface area contributed by atoms with Crippen molar-refractivity contribution >= 4 is 44.1 Å². The number of rotatable bonds is 8. The first kappa shape index (κ1) is 26.2. The van der Waals surface area contributed by atoms with Gasteiger partial charge >= 0.3 is 5.91 Å². The number of fused-ring (bicyclic) bond motifs is 1. The molecule has 1 aromatic heterocycles. The van der Waals surface area contributed by atoms with Crippen LogP contribution in [0.2, 0.25) is 0 Å². The Morgan fingerprint density at radius 1 is 1.13 bits per heavy atom. The van der Waals surface area contributed by atoms with Crippen LogP contribution in [0.3, 0.4) is 0 Å². The Bertz CT molecular complexity index is 1610. The first-order chi connectivity index (χ1) is 18.8. The number of carbonyl (C=O) groups is 2. The van der Waals surface area contributed by atoms with E-state index in [1.54, 1.807) is 24.3 Å². The molecule has 2 heterocycles. The van der Waals surface area contributed by atoms with Gasteiger partial charge in [-0.25, -0.2) is 9.37 Å². The molecule has 0 spiro atoms. The van der Waals surface area contributed by atoms with Gasteiger partial charge in [0.15, 0.2) is 16.6 Å². The van der Waals surface area contributed by atoms with Crippen molar-refractivity contribution in [1.82, 2.24) is 4.98 Å². The van der Waals surface area contributed by atoms with Crippen LogP contribution < -0.4 is 14.4 Å². The molecule has 39 heavy (non-hydrogen) atoms. The standard InChI is InChI=1S/C29H25FN2O6S/c1-3-4-12-38-19-7-5-6-17(13-19)26(34)24-25(16-8-11-21(33)22(14-16)37-2)32(28(36)27(24)35)29-31-20-10-9-18(30)15-23(20)39-29/h5-11,13-15,25,33-34H,3-4,12H2,1-2H3/b26-24+. The monoisotopic (exact) mass is 548 g/mol. The summed E-state index contributed by atoms with van der Waals surface area (Å²) < 4.78 is 25.4. The first-order valence-electron chi connectivity index (χ1n) is 12.3. The minimum Gasteiger partial charge on any atom is -0.507 e. The Morgan fingerprint density at radius 3 is 2.72 bits per heavy atom. The van der Waals surface area contributed by atoms with Crippen molar-refractivity contribution < 1.29 is 33.7 Å². The molecular weight excluding hydrogens is 523 g/mol. The number of hydrogen-bond donors (Lipinski definition) is 2. The number of unbranched alkanes of at least 4 members (excludes halogenated alkanes) is 1. The number of carbonyl (C=O) groups excluding carboxylic acids is 2. The summed E-state index contributed by atoms with van der Waals surface area (Å²) in [5, 5.41) is 21.8. The number of phenolic OH excluding ortho intramolecular Hbond substituents is 1. The second-order valence-electron chi connectivity index (χ2n) is 8.94. The molecule has 0 bridgehead atoms. The van der Waals surface area contributed by atoms with Gasteiger partial charge in [0.25, 0.3) is 5.78 Å². The van der Waals surface area contributed by atoms with Gasteiger partial charge in [-0.2, -0.15) is 0 Å². The van der Waals surface area contributed by atoms with E-state index in [4.69, 9.17) is 9.47 Å². The smallest absolute Gasteiger partial charge is 0.301 e. The Labute approximate surface area is 227 Å². The third kappa shape index (κ3) is 4.90. The van der Waals surface area contributed by atoms with E-state index in [0.717, 1.165) is 24.2 Å². The van der Waals surface area contributed by atoms with Crippen molar-refractivity contribution in [3.63, 3.8) is 0 Å². The molecule has 200 valence electrons. The van der Waals surface area contributed by atoms with Gasteiger partial charge in [0.1, 0.15) is 17.3 Å². The summed E-state index contributed by atoms with van der Waals surface area (Å²) in [5.41, 5.74) is 0.983. The van der Waals surface area contributed by atoms with Crippen LogP contribution in [-0.2, 0) is 9.59 Å². The van der Waals surface area contributed by atoms with E-state index in [-0.39, 0.29) is 28.0 Å². The van der Waals surface area contributed by atoms with Crippen LogP contribution >= 0.6 is 11.3 Å². The molecule has 10 heteroatoms. The number of methoxy groups -OCH3 is 1. The molecule has 0 aliphatic carbocycles. The predicted octanol–water partition coefficient (Wildman–Crippen LogP) is 5.95. The van der Waals surface area contributed by atoms with Crippen LogP contribution in [0.1, 0.15) is 36.9 Å². The number of benzene rings is 3. The fourth-order valence-corrected chi connectivity index (χ4v) is 5.44. The van der Waals surface area contributed by atoms with Crippen molar-refractivity contribution in [3.8, 4) is 17.2 Å². The van der Waals surface area contributed by atoms with Gasteiger partial charge in [-0.05, 0) is 54.4 Å². The van der Waals surface area contributed by atoms with Gasteiger partial charge in [0, 0.05) is 5.56 Å². The van der Waals surface area contributed by atoms with Crippen LogP contribution in [0.4, 0.5) is 9.52 Å². The Hall–Kier alpha value is -4.44. The molecule has 1 unspecified atom stereocenters. The fourth-order valence-electron chi connectivity index (χ4n) is 4.42. The summed E-state index contributed by atoms with van der Waals surface area (Å²) in [5.74, 6) is -2.16. The molecule has 1 amide bonds. The normalized spacial score (nSPS) is 16.7. The third-order valence-corrected chi connectivity index (χ3v) is 7.40. The molecule has 4 aromatic rings. The van der Waals surface area contributed by atoms with Crippen molar-refractivity contribution in [2.75, 3.05) is 18.6 Å². The number of hydrogen-bond acceptors (Lipinski definition) is 8. The van der Waals surface area contributed by atoms with Crippen LogP contribution in [0.15, 0.2) is 66.2 Å². The second kappa shape index (κ2) is 10.7. The van der Waals surface area contributed by atoms with Crippen molar-refractivity contribution in [1.29, 1.82) is 0 Å². The van der Waals surface area contributed by atoms with Gasteiger partial charge in [0.2, 0.25) is 0 Å². The third-order valence-electron chi connectivity index (χ3n) is 6.38. The number of aliphatic hydroxyl groups is 1. The Morgan fingerprint density at radius 2 is 1.95 bits per heavy atom. The number of ketones is 1. The van der Waals surface area contributed by atoms with E-state index in [1.165, 1.54) is 48.4 Å². The Balaban J connectivity index is 1.68. The Kier molecular flexibility index (Phi) is 7.21. The van der Waals surface area contributed by atoms with E-state index >= 15 is 0 Å². The lowest BCUT2D eigenvalue weighted by Crippen LogP contribution is -2.29. The van der Waals surface area contributed by atoms with Gasteiger partial charge in [-0.1, -0.05) is 42.9 Å². The minimum absolute atomic E-state index is 0.121. The lowest BCUT2D eigenvalue weighted by atomic mass is 9.95. The number of aromatic hydroxyl groups is 1. The lowest BCUT2D eigenvalue weighted by Gasteiger charge is -2.23. The molecule has 1 saturated heterocycles. The fraction of sp³-hybridized carbons (Fsp3) is 0.207. The summed E-state index contributed by atoms with van der Waals surface area (Å²) in [6, 6.07) is 14.0. The van der Waals surface area contributed by atoms with Gasteiger partial charge in [-0.15, -0.1) is 0 Å². The molecule has 2 N–H and O–H groups in total. The maximum atomic E-state index is 13.9. The highest BCUT2D eigenvalue weighted by molar-refractivity contribution is 7.22. The molecule has 0 radical (unpaired) electrons. The summed E-state index contributed by atoms with van der Waals surface area (Å²) in [6.07, 6.45) is 1.81. The van der Waals surface area contributed by atoms with E-state index in [9.17, 15) is 24.2 Å². The quantitative estimate of drug-likeness (QED) is 0.121. The highest BCUT2D eigenvalue weighted by atomic mass is 32.1. The van der Waals surface area contributed by atoms with Crippen LogP contribution in [0, 0.1) is 5.82 Å². The van der Waals surface area contributed by atoms with Crippen molar-refractivity contribution in [3.05, 3.63) is 83.2 Å². The average molecular weight is 549 g/mol. The van der Waals surface area contributed by atoms with Gasteiger partial charge < -0.3 is 19.7 Å². The van der Waals surface area contributed by atoms with Crippen LogP contribution in [0.25, 0.3) is 16.0 Å². The lowest BCUT2D eigenvalue weighted by molar-refractivity contribution is -0.132. The van der Waals surface area contributed by atoms with Gasteiger partial charge in [0.05, 0.1) is 35.5 Å². The molecule has 5 rings (SSSR count). The number of Topliss-reactive ketones (excluding diaryl/α,β-unsaturated/α-hetero) is 1. The van der Waals surface area contributed by atoms with E-state index in [2.05, 4.69) is 4.98 Å². The number of phenols is 1. The largest absolute Gasteiger partial charge is 0.507 e. The topological polar surface area (TPSA) is 109 Å². The van der Waals surface area contributed by atoms with Crippen molar-refractivity contribution in [2.45, 2.75) is 25.8 Å². The number of amides is 1. The number of nitrogens with zero attached hydrogens (tertiary/aromatic N) is 2. The summed E-state index contributed by atoms with van der Waals surface area (Å²) in [7, 11) is 1.38. The molecule has 0 saturated carbocycles. The van der Waals surface area contributed by atoms with E-state index in [1.807, 2.05) is 6.92 Å². The maximum Gasteiger partial charge on any atom is 0.301 e. The molecule has 8 nitrogen and oxygen atoms in total. The average Bonchev–Trinajstić information content (AvgIpc) is 3.46. The summed E-state index contributed by atoms with van der Waals surface area (Å²) in [4.78, 5) is 32.6. The predicted molar refractivity (Wildman–Crippen MR) is 146 cm³/mol. The summed E-state index contributed by atoms with van der Waals surface area (Å²) >= 11 is 1.05. The minimum atomic E-state index is -1.10. The molecule has 1 fully saturated rings. The summed E-state index contributed by atoms with van der Waals surface area (Å²) in [6.45, 7) is 2.54. The SMILES string of the molecule is CCCCOc1cccc(/C(O)=C2\C(=O)C(=O)N(c3nc4ccc(F)cc4s3)C2c2ccc(O)c(OC)c2)c1. The molecular formula is C29H25FN2O6S. The van der Waals surface area contributed by atoms with Gasteiger partial charge in [-0.3, -0.25) is 14.5 Å². The zero-order chi connectivity index (χ0) is 27.7. The molecule has 1 atom stereocenters. The highest BCUT2D eigenvalue weighted by Crippen LogP contribution is 2.46. The zero-order valence-corrected chi connectivity index (χ0v) is 22.0. The number of aromatic nitrogens is 1. The number of halogens is 1. The zero-order valence-electron chi connectivity index (χ0n) is 21.2. The van der Waals surface area contributed by atoms with Crippen molar-refractivity contribution in [2.24, 2.45) is 0 Å². The molecule has 1 aliphatic rings. The van der Waals surface area contributed by atoms with E-state index in [0.29, 0.717) is 33.7 Å². The number of thiazole rings is 1. The van der Waals surface area contributed by atoms with E-state index < -0.39 is 23.5 Å². The second-order valence-corrected chi connectivity index (χ2v) is 9.95. The number of ether oxygens (including phenoxy) is 2. The maximum absolute atomic E-state index is 13.9.